The summed E-state index contributed by atoms with van der Waals surface area (Å²) >= 11 is 0. The predicted molar refractivity (Wildman–Crippen MR) is 99.2 cm³/mol. The number of nitrogens with zero attached hydrogens (tertiary/aromatic N) is 2. The van der Waals surface area contributed by atoms with Crippen LogP contribution < -0.4 is 0 Å². The van der Waals surface area contributed by atoms with Crippen LogP contribution in [0.3, 0.4) is 0 Å². The van der Waals surface area contributed by atoms with Crippen LogP contribution in [0.2, 0.25) is 0 Å². The minimum Gasteiger partial charge on any atom is -0.318 e. The molecule has 0 saturated heterocycles. The molecular formula is C22H16N2. The van der Waals surface area contributed by atoms with Crippen LogP contribution in [-0.2, 0) is 0 Å². The van der Waals surface area contributed by atoms with Crippen molar-refractivity contribution in [1.82, 2.24) is 4.57 Å². The second-order valence-corrected chi connectivity index (χ2v) is 6.10. The first kappa shape index (κ1) is 13.3. The van der Waals surface area contributed by atoms with E-state index in [0.717, 1.165) is 5.71 Å². The third-order valence-electron chi connectivity index (χ3n) is 4.65. The van der Waals surface area contributed by atoms with E-state index in [1.807, 2.05) is 6.07 Å². The van der Waals surface area contributed by atoms with Crippen LogP contribution in [0.4, 0.5) is 0 Å². The Morgan fingerprint density at radius 1 is 0.792 bits per heavy atom. The molecule has 2 nitrogen and oxygen atoms in total. The minimum atomic E-state index is 0.0172. The standard InChI is InChI=1S/C22H16N2/c1-3-9-16(10-4-1)19-15-24-21-18(19)13-7-8-14-20(21)23-22(24)17-11-5-2-6-12-17/h1-15,22H. The van der Waals surface area contributed by atoms with Crippen LogP contribution in [0.5, 0.6) is 0 Å². The van der Waals surface area contributed by atoms with E-state index >= 15 is 0 Å². The predicted octanol–water partition coefficient (Wildman–Crippen LogP) is 5.09. The van der Waals surface area contributed by atoms with Crippen molar-refractivity contribution >= 4 is 11.8 Å². The number of hydrogen-bond donors (Lipinski definition) is 0. The number of rotatable bonds is 2. The van der Waals surface area contributed by atoms with Crippen molar-refractivity contribution in [3.05, 3.63) is 102 Å². The third-order valence-corrected chi connectivity index (χ3v) is 4.65. The van der Waals surface area contributed by atoms with Gasteiger partial charge in [0.25, 0.3) is 0 Å². The van der Waals surface area contributed by atoms with Crippen molar-refractivity contribution in [2.45, 2.75) is 6.17 Å². The number of aliphatic imine (C=N–C) groups is 1. The number of allylic oxidation sites excluding steroid dienone is 3. The Hall–Kier alpha value is -3.13. The maximum atomic E-state index is 4.96. The summed E-state index contributed by atoms with van der Waals surface area (Å²) in [6.45, 7) is 0. The van der Waals surface area contributed by atoms with Crippen LogP contribution in [0.1, 0.15) is 23.0 Å². The molecule has 2 heterocycles. The van der Waals surface area contributed by atoms with E-state index in [4.69, 9.17) is 4.99 Å². The van der Waals surface area contributed by atoms with E-state index < -0.39 is 0 Å². The van der Waals surface area contributed by atoms with Crippen LogP contribution in [-0.4, -0.2) is 10.3 Å². The Bertz CT molecular complexity index is 989. The first-order valence-corrected chi connectivity index (χ1v) is 8.20. The summed E-state index contributed by atoms with van der Waals surface area (Å²) in [4.78, 5) is 4.96. The molecule has 0 radical (unpaired) electrons. The number of hydrogen-bond acceptors (Lipinski definition) is 1. The fourth-order valence-electron chi connectivity index (χ4n) is 3.56. The maximum absolute atomic E-state index is 4.96. The zero-order valence-corrected chi connectivity index (χ0v) is 13.1. The topological polar surface area (TPSA) is 17.3 Å². The largest absolute Gasteiger partial charge is 0.318 e. The van der Waals surface area contributed by atoms with Crippen LogP contribution >= 0.6 is 0 Å². The van der Waals surface area contributed by atoms with Crippen molar-refractivity contribution in [3.8, 4) is 11.1 Å². The third kappa shape index (κ3) is 1.93. The van der Waals surface area contributed by atoms with Gasteiger partial charge in [-0.05, 0) is 17.2 Å². The molecule has 0 fully saturated rings. The van der Waals surface area contributed by atoms with Gasteiger partial charge < -0.3 is 4.57 Å². The Morgan fingerprint density at radius 3 is 2.29 bits per heavy atom. The van der Waals surface area contributed by atoms with Crippen molar-refractivity contribution in [2.24, 2.45) is 4.99 Å². The fourth-order valence-corrected chi connectivity index (χ4v) is 3.56. The molecule has 3 aromatic rings. The number of benzene rings is 2. The molecule has 1 unspecified atom stereocenters. The molecule has 1 aromatic heterocycles. The molecule has 1 atom stereocenters. The zero-order valence-electron chi connectivity index (χ0n) is 13.1. The van der Waals surface area contributed by atoms with Gasteiger partial charge in [0.2, 0.25) is 0 Å². The highest BCUT2D eigenvalue weighted by Crippen LogP contribution is 2.39. The van der Waals surface area contributed by atoms with Gasteiger partial charge in [0.1, 0.15) is 0 Å². The molecule has 2 aromatic carbocycles. The second kappa shape index (κ2) is 5.20. The molecule has 1 aliphatic heterocycles. The van der Waals surface area contributed by atoms with Gasteiger partial charge in [-0.15, -0.1) is 0 Å². The monoisotopic (exact) mass is 308 g/mol. The smallest absolute Gasteiger partial charge is 0.151 e. The molecule has 2 heteroatoms. The van der Waals surface area contributed by atoms with Crippen molar-refractivity contribution < 1.29 is 0 Å². The Kier molecular flexibility index (Phi) is 2.89. The van der Waals surface area contributed by atoms with Gasteiger partial charge in [0.05, 0.1) is 11.4 Å². The number of aromatic nitrogens is 1. The fraction of sp³-hybridized carbons (Fsp3) is 0.0455. The molecule has 0 amide bonds. The van der Waals surface area contributed by atoms with E-state index in [9.17, 15) is 0 Å². The highest BCUT2D eigenvalue weighted by atomic mass is 15.2. The molecule has 0 saturated carbocycles. The molecular weight excluding hydrogens is 292 g/mol. The van der Waals surface area contributed by atoms with Crippen molar-refractivity contribution in [2.75, 3.05) is 0 Å². The summed E-state index contributed by atoms with van der Waals surface area (Å²) in [7, 11) is 0. The summed E-state index contributed by atoms with van der Waals surface area (Å²) in [6.07, 6.45) is 10.7. The van der Waals surface area contributed by atoms with E-state index in [-0.39, 0.29) is 6.17 Å². The lowest BCUT2D eigenvalue weighted by Crippen LogP contribution is -2.04. The zero-order chi connectivity index (χ0) is 15.9. The van der Waals surface area contributed by atoms with Gasteiger partial charge in [-0.2, -0.15) is 0 Å². The summed E-state index contributed by atoms with van der Waals surface area (Å²) in [5.74, 6) is 0. The summed E-state index contributed by atoms with van der Waals surface area (Å²) < 4.78 is 2.31. The van der Waals surface area contributed by atoms with E-state index in [0.29, 0.717) is 0 Å². The lowest BCUT2D eigenvalue weighted by molar-refractivity contribution is 0.639. The highest BCUT2D eigenvalue weighted by molar-refractivity contribution is 6.13. The second-order valence-electron chi connectivity index (χ2n) is 6.10. The maximum Gasteiger partial charge on any atom is 0.151 e. The molecule has 2 aliphatic rings. The average molecular weight is 308 g/mol. The summed E-state index contributed by atoms with van der Waals surface area (Å²) in [5, 5.41) is 0. The molecule has 5 rings (SSSR count). The van der Waals surface area contributed by atoms with Gasteiger partial charge in [-0.1, -0.05) is 78.9 Å². The normalized spacial score (nSPS) is 17.5. The quantitative estimate of drug-likeness (QED) is 0.627. The lowest BCUT2D eigenvalue weighted by atomic mass is 10.0. The molecule has 0 bridgehead atoms. The van der Waals surface area contributed by atoms with Crippen LogP contribution in [0.25, 0.3) is 17.2 Å². The lowest BCUT2D eigenvalue weighted by Gasteiger charge is -2.11. The van der Waals surface area contributed by atoms with Crippen LogP contribution in [0, 0.1) is 0 Å². The van der Waals surface area contributed by atoms with Gasteiger partial charge in [-0.25, -0.2) is 0 Å². The average Bonchev–Trinajstić information content (AvgIpc) is 3.10. The first-order chi connectivity index (χ1) is 11.9. The Balaban J connectivity index is 1.75. The Labute approximate surface area is 141 Å². The molecule has 114 valence electrons. The highest BCUT2D eigenvalue weighted by Gasteiger charge is 2.29. The van der Waals surface area contributed by atoms with Gasteiger partial charge in [0, 0.05) is 17.3 Å². The van der Waals surface area contributed by atoms with E-state index in [2.05, 4.69) is 89.7 Å². The van der Waals surface area contributed by atoms with Gasteiger partial charge in [-0.3, -0.25) is 4.99 Å². The van der Waals surface area contributed by atoms with Crippen LogP contribution in [0.15, 0.2) is 90.1 Å². The first-order valence-electron chi connectivity index (χ1n) is 8.20. The van der Waals surface area contributed by atoms with Crippen molar-refractivity contribution in [1.29, 1.82) is 0 Å². The summed E-state index contributed by atoms with van der Waals surface area (Å²) in [5.41, 5.74) is 7.25. The molecule has 1 aliphatic carbocycles. The molecule has 0 N–H and O–H groups in total. The van der Waals surface area contributed by atoms with Gasteiger partial charge >= 0.3 is 0 Å². The molecule has 0 spiro atoms. The summed E-state index contributed by atoms with van der Waals surface area (Å²) in [6, 6.07) is 21.1. The van der Waals surface area contributed by atoms with Gasteiger partial charge in [0.15, 0.2) is 6.17 Å². The Morgan fingerprint density at radius 2 is 1.50 bits per heavy atom. The molecule has 24 heavy (non-hydrogen) atoms. The van der Waals surface area contributed by atoms with Crippen molar-refractivity contribution in [3.63, 3.8) is 0 Å². The van der Waals surface area contributed by atoms with E-state index in [1.54, 1.807) is 0 Å². The minimum absolute atomic E-state index is 0.0172. The SMILES string of the molecule is C1=CC2=NC(c3ccccc3)n3cc(-c4ccccc4)c(c32)C=C1. The van der Waals surface area contributed by atoms with E-state index in [1.165, 1.54) is 27.9 Å².